The topological polar surface area (TPSA) is 113 Å². The second-order valence-electron chi connectivity index (χ2n) is 8.26. The molecule has 2 fully saturated rings. The molecule has 0 aromatic heterocycles. The van der Waals surface area contributed by atoms with E-state index in [2.05, 4.69) is 17.1 Å². The molecule has 0 aliphatic carbocycles. The zero-order valence-electron chi connectivity index (χ0n) is 15.9. The number of hydrogen-bond donors (Lipinski definition) is 2. The molecule has 3 aliphatic heterocycles. The summed E-state index contributed by atoms with van der Waals surface area (Å²) in [6, 6.07) is 4.31. The summed E-state index contributed by atoms with van der Waals surface area (Å²) in [4.78, 5) is 52.9. The fourth-order valence-corrected chi connectivity index (χ4v) is 4.39. The van der Waals surface area contributed by atoms with Crippen LogP contribution in [0.3, 0.4) is 0 Å². The first-order valence-corrected chi connectivity index (χ1v) is 9.59. The van der Waals surface area contributed by atoms with Crippen molar-refractivity contribution < 1.29 is 19.2 Å². The van der Waals surface area contributed by atoms with E-state index < -0.39 is 23.8 Å². The third-order valence-corrected chi connectivity index (χ3v) is 6.08. The lowest BCUT2D eigenvalue weighted by atomic mass is 9.90. The van der Waals surface area contributed by atoms with E-state index in [0.717, 1.165) is 30.0 Å². The Hall–Kier alpha value is -2.58. The first-order valence-electron chi connectivity index (χ1n) is 9.59. The van der Waals surface area contributed by atoms with Crippen molar-refractivity contribution in [2.45, 2.75) is 38.8 Å². The highest BCUT2D eigenvalue weighted by Gasteiger charge is 2.45. The average Bonchev–Trinajstić information content (AvgIpc) is 3.15. The Morgan fingerprint density at radius 2 is 2.00 bits per heavy atom. The monoisotopic (exact) mass is 384 g/mol. The molecule has 2 saturated heterocycles. The van der Waals surface area contributed by atoms with Gasteiger partial charge in [-0.1, -0.05) is 19.1 Å². The lowest BCUT2D eigenvalue weighted by Crippen LogP contribution is -2.54. The molecule has 4 rings (SSSR count). The molecule has 0 saturated carbocycles. The summed E-state index contributed by atoms with van der Waals surface area (Å²) in [7, 11) is 0. The summed E-state index contributed by atoms with van der Waals surface area (Å²) >= 11 is 0. The number of piperidine rings is 1. The summed E-state index contributed by atoms with van der Waals surface area (Å²) in [5, 5.41) is 2.22. The number of likely N-dealkylation sites (tertiary alicyclic amines) is 1. The van der Waals surface area contributed by atoms with Gasteiger partial charge in [-0.05, 0) is 43.0 Å². The lowest BCUT2D eigenvalue weighted by Gasteiger charge is -2.28. The van der Waals surface area contributed by atoms with Crippen LogP contribution in [-0.2, 0) is 16.1 Å². The highest BCUT2D eigenvalue weighted by atomic mass is 16.2. The van der Waals surface area contributed by atoms with Gasteiger partial charge in [-0.15, -0.1) is 0 Å². The van der Waals surface area contributed by atoms with Crippen LogP contribution in [0.4, 0.5) is 0 Å². The van der Waals surface area contributed by atoms with Gasteiger partial charge < -0.3 is 5.73 Å². The smallest absolute Gasteiger partial charge is 0.262 e. The minimum Gasteiger partial charge on any atom is -0.330 e. The molecule has 3 heterocycles. The first-order chi connectivity index (χ1) is 13.3. The lowest BCUT2D eigenvalue weighted by molar-refractivity contribution is -0.136. The van der Waals surface area contributed by atoms with Gasteiger partial charge in [-0.3, -0.25) is 34.3 Å². The van der Waals surface area contributed by atoms with E-state index in [1.807, 2.05) is 6.07 Å². The van der Waals surface area contributed by atoms with Gasteiger partial charge in [0, 0.05) is 19.5 Å². The quantitative estimate of drug-likeness (QED) is 0.720. The van der Waals surface area contributed by atoms with E-state index in [1.54, 1.807) is 12.1 Å². The highest BCUT2D eigenvalue weighted by molar-refractivity contribution is 6.24. The maximum absolute atomic E-state index is 13.1. The van der Waals surface area contributed by atoms with Crippen LogP contribution >= 0.6 is 0 Å². The summed E-state index contributed by atoms with van der Waals surface area (Å²) in [5.74, 6) is -1.89. The maximum Gasteiger partial charge on any atom is 0.262 e. The van der Waals surface area contributed by atoms with Gasteiger partial charge in [-0.25, -0.2) is 0 Å². The van der Waals surface area contributed by atoms with Gasteiger partial charge in [-0.2, -0.15) is 0 Å². The summed E-state index contributed by atoms with van der Waals surface area (Å²) in [6.45, 7) is 5.04. The van der Waals surface area contributed by atoms with E-state index in [1.165, 1.54) is 0 Å². The zero-order valence-corrected chi connectivity index (χ0v) is 15.9. The van der Waals surface area contributed by atoms with Crippen LogP contribution in [0.5, 0.6) is 0 Å². The second-order valence-corrected chi connectivity index (χ2v) is 8.26. The third-order valence-electron chi connectivity index (χ3n) is 6.08. The number of nitrogens with one attached hydrogen (secondary N) is 1. The minimum atomic E-state index is -0.940. The number of carbonyl (C=O) groups excluding carboxylic acids is 4. The van der Waals surface area contributed by atoms with E-state index in [0.29, 0.717) is 24.2 Å². The summed E-state index contributed by atoms with van der Waals surface area (Å²) < 4.78 is 0. The molecular weight excluding hydrogens is 360 g/mol. The molecule has 8 nitrogen and oxygen atoms in total. The number of nitrogens with two attached hydrogens (primary N) is 1. The summed E-state index contributed by atoms with van der Waals surface area (Å²) in [5.41, 5.74) is 7.43. The van der Waals surface area contributed by atoms with Crippen molar-refractivity contribution in [3.63, 3.8) is 0 Å². The van der Waals surface area contributed by atoms with Crippen molar-refractivity contribution in [3.05, 3.63) is 34.9 Å². The summed E-state index contributed by atoms with van der Waals surface area (Å²) in [6.07, 6.45) is 1.27. The van der Waals surface area contributed by atoms with Crippen LogP contribution < -0.4 is 11.1 Å². The van der Waals surface area contributed by atoms with Gasteiger partial charge in [0.2, 0.25) is 11.8 Å². The van der Waals surface area contributed by atoms with Gasteiger partial charge in [0.25, 0.3) is 11.8 Å². The fraction of sp³-hybridized carbons (Fsp3) is 0.500. The number of nitrogens with zero attached hydrogens (tertiary/aromatic N) is 2. The van der Waals surface area contributed by atoms with Crippen LogP contribution in [0.1, 0.15) is 52.5 Å². The molecule has 1 aromatic carbocycles. The van der Waals surface area contributed by atoms with Crippen LogP contribution in [0, 0.1) is 5.41 Å². The molecule has 3 aliphatic rings. The van der Waals surface area contributed by atoms with Crippen LogP contribution in [0.25, 0.3) is 0 Å². The molecule has 2 atom stereocenters. The van der Waals surface area contributed by atoms with E-state index >= 15 is 0 Å². The predicted octanol–water partition coefficient (Wildman–Crippen LogP) is 0.259. The first kappa shape index (κ1) is 18.8. The van der Waals surface area contributed by atoms with Crippen molar-refractivity contribution in [3.8, 4) is 0 Å². The fourth-order valence-electron chi connectivity index (χ4n) is 4.39. The van der Waals surface area contributed by atoms with Crippen LogP contribution in [0.15, 0.2) is 18.2 Å². The standard InChI is InChI=1S/C20H24N4O4/c1-20(10-21)7-8-23(11-20)9-12-3-2-4-13-16(12)19(28)24(18(13)27)14-5-6-15(25)22-17(14)26/h2-4,14H,5-11,21H2,1H3,(H,22,25,26). The molecule has 28 heavy (non-hydrogen) atoms. The number of amides is 4. The largest absolute Gasteiger partial charge is 0.330 e. The number of benzene rings is 1. The molecule has 4 amide bonds. The average molecular weight is 384 g/mol. The predicted molar refractivity (Wildman–Crippen MR) is 100 cm³/mol. The number of fused-ring (bicyclic) bond motifs is 1. The van der Waals surface area contributed by atoms with Gasteiger partial charge in [0.05, 0.1) is 11.1 Å². The molecular formula is C20H24N4O4. The molecule has 1 aromatic rings. The SMILES string of the molecule is CC1(CN)CCN(Cc2cccc3c2C(=O)N(C2CCC(=O)NC2=O)C3=O)C1. The number of imide groups is 2. The van der Waals surface area contributed by atoms with E-state index in [-0.39, 0.29) is 24.2 Å². The van der Waals surface area contributed by atoms with Gasteiger partial charge in [0.15, 0.2) is 0 Å². The third kappa shape index (κ3) is 3.02. The number of carbonyl (C=O) groups is 4. The molecule has 0 spiro atoms. The Bertz CT molecular complexity index is 883. The Morgan fingerprint density at radius 3 is 2.68 bits per heavy atom. The second kappa shape index (κ2) is 6.79. The number of rotatable bonds is 4. The van der Waals surface area contributed by atoms with Gasteiger partial charge in [0.1, 0.15) is 6.04 Å². The van der Waals surface area contributed by atoms with Crippen molar-refractivity contribution in [2.24, 2.45) is 11.1 Å². The Morgan fingerprint density at radius 1 is 1.21 bits per heavy atom. The normalized spacial score (nSPS) is 28.1. The molecule has 0 bridgehead atoms. The van der Waals surface area contributed by atoms with Crippen molar-refractivity contribution in [2.75, 3.05) is 19.6 Å². The minimum absolute atomic E-state index is 0.0660. The molecule has 2 unspecified atom stereocenters. The van der Waals surface area contributed by atoms with Crippen LogP contribution in [-0.4, -0.2) is 59.1 Å². The van der Waals surface area contributed by atoms with Crippen LogP contribution in [0.2, 0.25) is 0 Å². The van der Waals surface area contributed by atoms with E-state index in [9.17, 15) is 19.2 Å². The number of hydrogen-bond acceptors (Lipinski definition) is 6. The van der Waals surface area contributed by atoms with Crippen molar-refractivity contribution >= 4 is 23.6 Å². The van der Waals surface area contributed by atoms with E-state index in [4.69, 9.17) is 5.73 Å². The van der Waals surface area contributed by atoms with Crippen molar-refractivity contribution in [1.29, 1.82) is 0 Å². The molecule has 0 radical (unpaired) electrons. The maximum atomic E-state index is 13.1. The molecule has 148 valence electrons. The Labute approximate surface area is 163 Å². The molecule has 8 heteroatoms. The Kier molecular flexibility index (Phi) is 4.55. The Balaban J connectivity index is 1.60. The van der Waals surface area contributed by atoms with Gasteiger partial charge >= 0.3 is 0 Å². The van der Waals surface area contributed by atoms with Crippen molar-refractivity contribution in [1.82, 2.24) is 15.1 Å². The highest BCUT2D eigenvalue weighted by Crippen LogP contribution is 2.33. The zero-order chi connectivity index (χ0) is 20.1. The molecule has 3 N–H and O–H groups in total.